The van der Waals surface area contributed by atoms with E-state index in [-0.39, 0.29) is 12.5 Å². The van der Waals surface area contributed by atoms with Crippen molar-refractivity contribution in [2.75, 3.05) is 18.2 Å². The summed E-state index contributed by atoms with van der Waals surface area (Å²) in [5, 5.41) is 2.73. The predicted molar refractivity (Wildman–Crippen MR) is 78.7 cm³/mol. The molecule has 0 radical (unpaired) electrons. The molecular weight excluding hydrogens is 277 g/mol. The van der Waals surface area contributed by atoms with E-state index in [1.54, 1.807) is 23.9 Å². The van der Waals surface area contributed by atoms with Gasteiger partial charge in [-0.05, 0) is 36.6 Å². The van der Waals surface area contributed by atoms with Gasteiger partial charge < -0.3 is 10.1 Å². The number of ether oxygens (including phenoxy) is 1. The molecule has 0 saturated carbocycles. The van der Waals surface area contributed by atoms with Crippen LogP contribution in [0.15, 0.2) is 53.4 Å². The quantitative estimate of drug-likeness (QED) is 0.856. The monoisotopic (exact) mass is 291 g/mol. The molecule has 0 fully saturated rings. The van der Waals surface area contributed by atoms with E-state index in [4.69, 9.17) is 4.74 Å². The molecule has 0 aromatic heterocycles. The molecule has 1 amide bonds. The second-order valence-corrected chi connectivity index (χ2v) is 4.91. The van der Waals surface area contributed by atoms with Crippen LogP contribution in [0.3, 0.4) is 0 Å². The van der Waals surface area contributed by atoms with Gasteiger partial charge in [0.1, 0.15) is 11.6 Å². The number of hydrogen-bond acceptors (Lipinski definition) is 3. The normalized spacial score (nSPS) is 10.1. The molecule has 0 atom stereocenters. The maximum Gasteiger partial charge on any atom is 0.262 e. The summed E-state index contributed by atoms with van der Waals surface area (Å²) >= 11 is 1.60. The molecule has 0 bridgehead atoms. The van der Waals surface area contributed by atoms with Crippen molar-refractivity contribution in [3.63, 3.8) is 0 Å². The van der Waals surface area contributed by atoms with Gasteiger partial charge in [-0.25, -0.2) is 4.39 Å². The highest BCUT2D eigenvalue weighted by molar-refractivity contribution is 7.98. The Hall–Kier alpha value is -2.01. The molecule has 0 spiro atoms. The van der Waals surface area contributed by atoms with Gasteiger partial charge in [0.05, 0.1) is 0 Å². The Morgan fingerprint density at radius 1 is 1.25 bits per heavy atom. The first kappa shape index (κ1) is 14.4. The molecule has 3 nitrogen and oxygen atoms in total. The number of amides is 1. The standard InChI is InChI=1S/C15H14FNO2S/c1-20-14-7-3-5-12(9-14)17-15(18)10-19-13-6-2-4-11(16)8-13/h2-9H,10H2,1H3,(H,17,18). The van der Waals surface area contributed by atoms with E-state index in [0.29, 0.717) is 11.4 Å². The van der Waals surface area contributed by atoms with Crippen LogP contribution in [-0.2, 0) is 4.79 Å². The second-order valence-electron chi connectivity index (χ2n) is 4.03. The van der Waals surface area contributed by atoms with Gasteiger partial charge in [0.2, 0.25) is 0 Å². The number of halogens is 1. The van der Waals surface area contributed by atoms with Crippen molar-refractivity contribution in [2.45, 2.75) is 4.90 Å². The summed E-state index contributed by atoms with van der Waals surface area (Å²) in [4.78, 5) is 12.8. The zero-order valence-electron chi connectivity index (χ0n) is 10.9. The fraction of sp³-hybridized carbons (Fsp3) is 0.133. The molecule has 0 unspecified atom stereocenters. The van der Waals surface area contributed by atoms with Gasteiger partial charge in [0.25, 0.3) is 5.91 Å². The number of thioether (sulfide) groups is 1. The average Bonchev–Trinajstić information content (AvgIpc) is 2.45. The zero-order valence-corrected chi connectivity index (χ0v) is 11.7. The maximum atomic E-state index is 12.9. The fourth-order valence-electron chi connectivity index (χ4n) is 1.60. The minimum absolute atomic E-state index is 0.160. The van der Waals surface area contributed by atoms with Crippen molar-refractivity contribution in [3.8, 4) is 5.75 Å². The van der Waals surface area contributed by atoms with Gasteiger partial charge >= 0.3 is 0 Å². The molecule has 104 valence electrons. The van der Waals surface area contributed by atoms with E-state index in [1.807, 2.05) is 24.5 Å². The third-order valence-corrected chi connectivity index (χ3v) is 3.24. The van der Waals surface area contributed by atoms with E-state index < -0.39 is 5.82 Å². The van der Waals surface area contributed by atoms with Crippen LogP contribution >= 0.6 is 11.8 Å². The fourth-order valence-corrected chi connectivity index (χ4v) is 2.06. The molecule has 1 N–H and O–H groups in total. The topological polar surface area (TPSA) is 38.3 Å². The van der Waals surface area contributed by atoms with Gasteiger partial charge in [0.15, 0.2) is 6.61 Å². The molecular formula is C15H14FNO2S. The molecule has 0 heterocycles. The lowest BCUT2D eigenvalue weighted by Crippen LogP contribution is -2.20. The number of anilines is 1. The Morgan fingerprint density at radius 2 is 2.05 bits per heavy atom. The van der Waals surface area contributed by atoms with Crippen LogP contribution < -0.4 is 10.1 Å². The first-order valence-electron chi connectivity index (χ1n) is 5.99. The predicted octanol–water partition coefficient (Wildman–Crippen LogP) is 3.57. The molecule has 0 saturated heterocycles. The highest BCUT2D eigenvalue weighted by atomic mass is 32.2. The number of hydrogen-bond donors (Lipinski definition) is 1. The lowest BCUT2D eigenvalue weighted by molar-refractivity contribution is -0.118. The number of nitrogens with one attached hydrogen (secondary N) is 1. The van der Waals surface area contributed by atoms with Gasteiger partial charge in [0, 0.05) is 16.6 Å². The van der Waals surface area contributed by atoms with Crippen LogP contribution in [0.25, 0.3) is 0 Å². The number of rotatable bonds is 5. The second kappa shape index (κ2) is 6.96. The first-order valence-corrected chi connectivity index (χ1v) is 7.22. The molecule has 2 aromatic rings. The minimum Gasteiger partial charge on any atom is -0.484 e. The molecule has 5 heteroatoms. The Kier molecular flexibility index (Phi) is 5.01. The third-order valence-electron chi connectivity index (χ3n) is 2.52. The lowest BCUT2D eigenvalue weighted by Gasteiger charge is -2.08. The van der Waals surface area contributed by atoms with Crippen molar-refractivity contribution in [1.82, 2.24) is 0 Å². The van der Waals surface area contributed by atoms with Crippen molar-refractivity contribution in [1.29, 1.82) is 0 Å². The largest absolute Gasteiger partial charge is 0.484 e. The number of carbonyl (C=O) groups is 1. The van der Waals surface area contributed by atoms with E-state index in [2.05, 4.69) is 5.32 Å². The van der Waals surface area contributed by atoms with Crippen molar-refractivity contribution >= 4 is 23.4 Å². The molecule has 0 aliphatic heterocycles. The van der Waals surface area contributed by atoms with Crippen LogP contribution in [0, 0.1) is 5.82 Å². The smallest absolute Gasteiger partial charge is 0.262 e. The van der Waals surface area contributed by atoms with E-state index >= 15 is 0 Å². The number of carbonyl (C=O) groups excluding carboxylic acids is 1. The zero-order chi connectivity index (χ0) is 14.4. The number of benzene rings is 2. The van der Waals surface area contributed by atoms with Crippen LogP contribution in [0.5, 0.6) is 5.75 Å². The Bertz CT molecular complexity index is 604. The molecule has 20 heavy (non-hydrogen) atoms. The summed E-state index contributed by atoms with van der Waals surface area (Å²) in [7, 11) is 0. The van der Waals surface area contributed by atoms with Crippen LogP contribution in [0.2, 0.25) is 0 Å². The lowest BCUT2D eigenvalue weighted by atomic mass is 10.3. The van der Waals surface area contributed by atoms with Gasteiger partial charge in [-0.3, -0.25) is 4.79 Å². The molecule has 2 rings (SSSR count). The van der Waals surface area contributed by atoms with E-state index in [1.165, 1.54) is 18.2 Å². The van der Waals surface area contributed by atoms with Gasteiger partial charge in [-0.1, -0.05) is 12.1 Å². The van der Waals surface area contributed by atoms with Gasteiger partial charge in [-0.15, -0.1) is 11.8 Å². The molecule has 0 aliphatic carbocycles. The first-order chi connectivity index (χ1) is 9.67. The summed E-state index contributed by atoms with van der Waals surface area (Å²) in [5.41, 5.74) is 0.713. The summed E-state index contributed by atoms with van der Waals surface area (Å²) < 4.78 is 18.2. The van der Waals surface area contributed by atoms with Crippen molar-refractivity contribution < 1.29 is 13.9 Å². The van der Waals surface area contributed by atoms with Crippen molar-refractivity contribution in [3.05, 3.63) is 54.3 Å². The van der Waals surface area contributed by atoms with Gasteiger partial charge in [-0.2, -0.15) is 0 Å². The summed E-state index contributed by atoms with van der Waals surface area (Å²) in [6.07, 6.45) is 1.97. The molecule has 2 aromatic carbocycles. The van der Waals surface area contributed by atoms with Crippen LogP contribution in [0.4, 0.5) is 10.1 Å². The Labute approximate surface area is 121 Å². The molecule has 0 aliphatic rings. The average molecular weight is 291 g/mol. The van der Waals surface area contributed by atoms with Crippen LogP contribution in [0.1, 0.15) is 0 Å². The van der Waals surface area contributed by atoms with E-state index in [0.717, 1.165) is 4.90 Å². The Balaban J connectivity index is 1.89. The van der Waals surface area contributed by atoms with E-state index in [9.17, 15) is 9.18 Å². The SMILES string of the molecule is CSc1cccc(NC(=O)COc2cccc(F)c2)c1. The highest BCUT2D eigenvalue weighted by Gasteiger charge is 2.04. The van der Waals surface area contributed by atoms with Crippen molar-refractivity contribution in [2.24, 2.45) is 0 Å². The summed E-state index contributed by atoms with van der Waals surface area (Å²) in [6, 6.07) is 13.2. The Morgan fingerprint density at radius 3 is 2.80 bits per heavy atom. The third kappa shape index (κ3) is 4.28. The maximum absolute atomic E-state index is 12.9. The highest BCUT2D eigenvalue weighted by Crippen LogP contribution is 2.19. The van der Waals surface area contributed by atoms with Crippen LogP contribution in [-0.4, -0.2) is 18.8 Å². The minimum atomic E-state index is -0.393. The summed E-state index contributed by atoms with van der Waals surface area (Å²) in [5.74, 6) is -0.346. The summed E-state index contributed by atoms with van der Waals surface area (Å²) in [6.45, 7) is -0.160.